The van der Waals surface area contributed by atoms with Gasteiger partial charge in [0, 0.05) is 30.8 Å². The minimum atomic E-state index is -0.432. The van der Waals surface area contributed by atoms with E-state index in [-0.39, 0.29) is 30.9 Å². The molecule has 3 amide bonds. The van der Waals surface area contributed by atoms with Crippen LogP contribution in [-0.2, 0) is 11.3 Å². The Bertz CT molecular complexity index is 1080. The second-order valence-electron chi connectivity index (χ2n) is 8.91. The van der Waals surface area contributed by atoms with E-state index in [0.29, 0.717) is 5.02 Å². The molecule has 3 aliphatic heterocycles. The molecule has 3 heterocycles. The van der Waals surface area contributed by atoms with E-state index in [1.54, 1.807) is 18.0 Å². The summed E-state index contributed by atoms with van der Waals surface area (Å²) in [5, 5.41) is 4.13. The average Bonchev–Trinajstić information content (AvgIpc) is 3.17. The van der Waals surface area contributed by atoms with Gasteiger partial charge in [-0.2, -0.15) is 0 Å². The Morgan fingerprint density at radius 2 is 1.88 bits per heavy atom. The Morgan fingerprint density at radius 1 is 1.09 bits per heavy atom. The van der Waals surface area contributed by atoms with Crippen molar-refractivity contribution in [1.82, 2.24) is 20.0 Å². The number of urea groups is 1. The van der Waals surface area contributed by atoms with E-state index < -0.39 is 6.04 Å². The van der Waals surface area contributed by atoms with Crippen LogP contribution in [0.4, 0.5) is 10.5 Å². The van der Waals surface area contributed by atoms with E-state index >= 15 is 0 Å². The van der Waals surface area contributed by atoms with Crippen LogP contribution in [0.2, 0.25) is 5.02 Å². The minimum absolute atomic E-state index is 0.139. The van der Waals surface area contributed by atoms with Gasteiger partial charge in [0.15, 0.2) is 0 Å². The highest BCUT2D eigenvalue weighted by Crippen LogP contribution is 2.35. The number of hydrogen-bond acceptors (Lipinski definition) is 5. The Labute approximate surface area is 193 Å². The number of hydrogen-bond donors (Lipinski definition) is 1. The Kier molecular flexibility index (Phi) is 5.35. The molecule has 3 aliphatic rings. The molecular weight excluding hydrogens is 426 g/mol. The lowest BCUT2D eigenvalue weighted by molar-refractivity contribution is -0.139. The molecule has 8 heteroatoms. The lowest BCUT2D eigenvalue weighted by atomic mass is 10.1. The molecule has 0 spiro atoms. The van der Waals surface area contributed by atoms with E-state index in [0.717, 1.165) is 30.8 Å². The summed E-state index contributed by atoms with van der Waals surface area (Å²) in [5.41, 5.74) is 4.36. The maximum Gasteiger partial charge on any atom is 0.328 e. The van der Waals surface area contributed by atoms with E-state index in [4.69, 9.17) is 11.6 Å². The molecule has 0 saturated carbocycles. The van der Waals surface area contributed by atoms with Crippen molar-refractivity contribution >= 4 is 29.2 Å². The maximum absolute atomic E-state index is 13.6. The van der Waals surface area contributed by atoms with Gasteiger partial charge in [0.25, 0.3) is 5.91 Å². The third-order valence-corrected chi connectivity index (χ3v) is 7.19. The number of rotatable bonds is 3. The van der Waals surface area contributed by atoms with Crippen LogP contribution in [0, 0.1) is 13.8 Å². The zero-order valence-corrected chi connectivity index (χ0v) is 19.3. The van der Waals surface area contributed by atoms with Gasteiger partial charge in [-0.25, -0.2) is 4.79 Å². The van der Waals surface area contributed by atoms with Gasteiger partial charge >= 0.3 is 6.03 Å². The Morgan fingerprint density at radius 3 is 2.62 bits per heavy atom. The van der Waals surface area contributed by atoms with Gasteiger partial charge in [0.1, 0.15) is 18.5 Å². The minimum Gasteiger partial charge on any atom is -0.343 e. The highest BCUT2D eigenvalue weighted by atomic mass is 35.5. The van der Waals surface area contributed by atoms with Crippen LogP contribution in [-0.4, -0.2) is 65.3 Å². The number of carbonyl (C=O) groups is 2. The van der Waals surface area contributed by atoms with Crippen LogP contribution in [0.3, 0.4) is 0 Å². The number of fused-ring (bicyclic) bond motifs is 3. The molecule has 0 bridgehead atoms. The van der Waals surface area contributed by atoms with E-state index in [2.05, 4.69) is 47.2 Å². The van der Waals surface area contributed by atoms with Crippen molar-refractivity contribution in [2.24, 2.45) is 0 Å². The van der Waals surface area contributed by atoms with Crippen molar-refractivity contribution < 1.29 is 9.59 Å². The third-order valence-electron chi connectivity index (χ3n) is 6.82. The third kappa shape index (κ3) is 3.36. The number of likely N-dealkylation sites (N-methyl/N-ethyl adjacent to an activating group) is 1. The zero-order chi connectivity index (χ0) is 22.6. The highest BCUT2D eigenvalue weighted by Gasteiger charge is 2.56. The van der Waals surface area contributed by atoms with Crippen molar-refractivity contribution in [3.8, 4) is 0 Å². The second kappa shape index (κ2) is 8.06. The molecule has 5 rings (SSSR count). The van der Waals surface area contributed by atoms with Crippen LogP contribution in [0.15, 0.2) is 42.5 Å². The molecular formula is C24H28ClN5O2. The Hall–Kier alpha value is -2.61. The first kappa shape index (κ1) is 21.2. The number of aryl methyl sites for hydroxylation is 2. The molecule has 2 aromatic carbocycles. The van der Waals surface area contributed by atoms with Crippen molar-refractivity contribution in [1.29, 1.82) is 0 Å². The summed E-state index contributed by atoms with van der Waals surface area (Å²) in [7, 11) is 1.76. The molecule has 32 heavy (non-hydrogen) atoms. The fraction of sp³-hybridized carbons (Fsp3) is 0.417. The van der Waals surface area contributed by atoms with Gasteiger partial charge in [-0.05, 0) is 43.5 Å². The molecule has 168 valence electrons. The van der Waals surface area contributed by atoms with Gasteiger partial charge in [0.2, 0.25) is 0 Å². The summed E-state index contributed by atoms with van der Waals surface area (Å²) in [4.78, 5) is 34.3. The predicted octanol–water partition coefficient (Wildman–Crippen LogP) is 3.14. The summed E-state index contributed by atoms with van der Waals surface area (Å²) in [6.07, 6.45) is 0.443. The van der Waals surface area contributed by atoms with E-state index in [9.17, 15) is 9.59 Å². The first-order valence-electron chi connectivity index (χ1n) is 11.0. The van der Waals surface area contributed by atoms with Crippen LogP contribution in [0.1, 0.15) is 23.1 Å². The summed E-state index contributed by atoms with van der Waals surface area (Å²) < 4.78 is 0. The fourth-order valence-corrected chi connectivity index (χ4v) is 5.43. The fourth-order valence-electron chi connectivity index (χ4n) is 5.24. The summed E-state index contributed by atoms with van der Waals surface area (Å²) in [6.45, 7) is 6.08. The lowest BCUT2D eigenvalue weighted by Gasteiger charge is -2.44. The van der Waals surface area contributed by atoms with Crippen molar-refractivity contribution in [3.05, 3.63) is 64.2 Å². The van der Waals surface area contributed by atoms with Crippen molar-refractivity contribution in [2.45, 2.75) is 45.3 Å². The number of halogens is 1. The molecule has 1 N–H and O–H groups in total. The van der Waals surface area contributed by atoms with Crippen LogP contribution in [0.5, 0.6) is 0 Å². The standard InChI is InChI=1S/C24H28ClN5O2/c1-15-9-10-19(16(2)13-15)28-11-6-12-29-20-21(26-23(28)29)27(3)24(32)30(22(20)31)14-17-7-4-5-8-18(17)25/h4-5,7-10,13,20-21,23,26H,6,11-12,14H2,1-3H3. The van der Waals surface area contributed by atoms with Gasteiger partial charge in [-0.1, -0.05) is 47.5 Å². The number of nitrogens with zero attached hydrogens (tertiary/aromatic N) is 4. The molecule has 3 fully saturated rings. The highest BCUT2D eigenvalue weighted by molar-refractivity contribution is 6.31. The van der Waals surface area contributed by atoms with Crippen LogP contribution < -0.4 is 10.2 Å². The van der Waals surface area contributed by atoms with Crippen molar-refractivity contribution in [3.63, 3.8) is 0 Å². The summed E-state index contributed by atoms with van der Waals surface area (Å²) in [5.74, 6) is -0.171. The van der Waals surface area contributed by atoms with E-state index in [1.165, 1.54) is 16.0 Å². The molecule has 3 unspecified atom stereocenters. The van der Waals surface area contributed by atoms with Gasteiger partial charge < -0.3 is 9.80 Å². The van der Waals surface area contributed by atoms with E-state index in [1.807, 2.05) is 18.2 Å². The molecule has 2 aromatic rings. The molecule has 0 aliphatic carbocycles. The van der Waals surface area contributed by atoms with Gasteiger partial charge in [0.05, 0.1) is 6.54 Å². The molecule has 0 radical (unpaired) electrons. The average molecular weight is 454 g/mol. The maximum atomic E-state index is 13.6. The molecule has 3 atom stereocenters. The quantitative estimate of drug-likeness (QED) is 0.773. The number of benzene rings is 2. The van der Waals surface area contributed by atoms with Gasteiger partial charge in [-0.15, -0.1) is 0 Å². The predicted molar refractivity (Wildman–Crippen MR) is 124 cm³/mol. The summed E-state index contributed by atoms with van der Waals surface area (Å²) in [6, 6.07) is 13.1. The van der Waals surface area contributed by atoms with Crippen LogP contribution >= 0.6 is 11.6 Å². The largest absolute Gasteiger partial charge is 0.343 e. The summed E-state index contributed by atoms with van der Waals surface area (Å²) >= 11 is 6.32. The molecule has 0 aromatic heterocycles. The van der Waals surface area contributed by atoms with Gasteiger partial charge in [-0.3, -0.25) is 19.9 Å². The topological polar surface area (TPSA) is 59.1 Å². The zero-order valence-electron chi connectivity index (χ0n) is 18.6. The molecule has 3 saturated heterocycles. The number of nitrogens with one attached hydrogen (secondary N) is 1. The monoisotopic (exact) mass is 453 g/mol. The van der Waals surface area contributed by atoms with Crippen LogP contribution in [0.25, 0.3) is 0 Å². The number of imide groups is 1. The normalized spacial score (nSPS) is 25.9. The SMILES string of the molecule is Cc1ccc(N2CCCN3C4C(=O)N(Cc5ccccc5Cl)C(=O)N(C)C4NC23)c(C)c1. The number of amides is 3. The van der Waals surface area contributed by atoms with Crippen molar-refractivity contribution in [2.75, 3.05) is 25.0 Å². The number of carbonyl (C=O) groups excluding carboxylic acids is 2. The molecule has 7 nitrogen and oxygen atoms in total. The first-order chi connectivity index (χ1) is 15.4. The number of anilines is 1. The smallest absolute Gasteiger partial charge is 0.328 e. The second-order valence-corrected chi connectivity index (χ2v) is 9.32. The first-order valence-corrected chi connectivity index (χ1v) is 11.4. The Balaban J connectivity index is 1.45. The lowest BCUT2D eigenvalue weighted by Crippen LogP contribution is -2.66.